The monoisotopic (exact) mass is 288 g/mol. The molecule has 0 saturated heterocycles. The second kappa shape index (κ2) is 3.76. The summed E-state index contributed by atoms with van der Waals surface area (Å²) in [6.45, 7) is 3.60. The van der Waals surface area contributed by atoms with E-state index in [0.29, 0.717) is 9.65 Å². The summed E-state index contributed by atoms with van der Waals surface area (Å²) in [6, 6.07) is 1.81. The Labute approximate surface area is 108 Å². The van der Waals surface area contributed by atoms with Crippen molar-refractivity contribution in [3.63, 3.8) is 0 Å². The molecular formula is C9H7F3N6S. The second-order valence-electron chi connectivity index (χ2n) is 3.94. The molecule has 0 saturated carbocycles. The Morgan fingerprint density at radius 2 is 1.89 bits per heavy atom. The van der Waals surface area contributed by atoms with Crippen molar-refractivity contribution in [1.29, 1.82) is 0 Å². The Balaban J connectivity index is 2.18. The minimum absolute atomic E-state index is 0.0786. The van der Waals surface area contributed by atoms with Crippen LogP contribution in [-0.2, 0) is 6.18 Å². The number of aromatic nitrogens is 6. The van der Waals surface area contributed by atoms with Crippen LogP contribution in [0.1, 0.15) is 17.2 Å². The van der Waals surface area contributed by atoms with E-state index in [1.807, 2.05) is 6.07 Å². The predicted molar refractivity (Wildman–Crippen MR) is 60.3 cm³/mol. The Kier molecular flexibility index (Phi) is 2.39. The highest BCUT2D eigenvalue weighted by Crippen LogP contribution is 2.29. The number of aryl methyl sites for hydroxylation is 2. The molecule has 0 radical (unpaired) electrons. The van der Waals surface area contributed by atoms with Gasteiger partial charge in [-0.2, -0.15) is 22.8 Å². The van der Waals surface area contributed by atoms with Gasteiger partial charge in [-0.05, 0) is 19.9 Å². The second-order valence-corrected chi connectivity index (χ2v) is 4.87. The van der Waals surface area contributed by atoms with Crippen LogP contribution in [0, 0.1) is 13.8 Å². The summed E-state index contributed by atoms with van der Waals surface area (Å²) in [5, 5.41) is 14.9. The zero-order valence-electron chi connectivity index (χ0n) is 9.80. The molecule has 0 unspecified atom stereocenters. The Hall–Kier alpha value is -1.97. The van der Waals surface area contributed by atoms with E-state index in [1.54, 1.807) is 13.8 Å². The van der Waals surface area contributed by atoms with Crippen LogP contribution in [0.15, 0.2) is 6.07 Å². The van der Waals surface area contributed by atoms with Crippen molar-refractivity contribution < 1.29 is 13.2 Å². The van der Waals surface area contributed by atoms with Gasteiger partial charge in [0.2, 0.25) is 10.1 Å². The van der Waals surface area contributed by atoms with E-state index >= 15 is 0 Å². The minimum Gasteiger partial charge on any atom is -0.209 e. The molecule has 3 aromatic heterocycles. The molecule has 0 aliphatic heterocycles. The Morgan fingerprint density at radius 1 is 1.16 bits per heavy atom. The van der Waals surface area contributed by atoms with Crippen LogP contribution >= 0.6 is 11.3 Å². The number of rotatable bonds is 1. The lowest BCUT2D eigenvalue weighted by Gasteiger charge is -2.00. The van der Waals surface area contributed by atoms with Gasteiger partial charge < -0.3 is 0 Å². The molecule has 0 spiro atoms. The molecule has 3 heterocycles. The molecule has 19 heavy (non-hydrogen) atoms. The van der Waals surface area contributed by atoms with Crippen LogP contribution in [0.4, 0.5) is 13.2 Å². The third-order valence-corrected chi connectivity index (χ3v) is 3.30. The molecule has 10 heteroatoms. The molecule has 3 aromatic rings. The normalized spacial score (nSPS) is 12.5. The molecular weight excluding hydrogens is 281 g/mol. The van der Waals surface area contributed by atoms with Crippen molar-refractivity contribution in [3.05, 3.63) is 23.3 Å². The van der Waals surface area contributed by atoms with Gasteiger partial charge in [-0.15, -0.1) is 15.3 Å². The van der Waals surface area contributed by atoms with Gasteiger partial charge in [0.1, 0.15) is 0 Å². The van der Waals surface area contributed by atoms with Crippen LogP contribution in [0.3, 0.4) is 0 Å². The van der Waals surface area contributed by atoms with Gasteiger partial charge in [-0.1, -0.05) is 11.3 Å². The van der Waals surface area contributed by atoms with Gasteiger partial charge in [0.15, 0.2) is 0 Å². The van der Waals surface area contributed by atoms with Gasteiger partial charge in [0.25, 0.3) is 5.82 Å². The van der Waals surface area contributed by atoms with E-state index in [4.69, 9.17) is 0 Å². The SMILES string of the molecule is Cc1cc(C)n(-c2nn3c(C(F)(F)F)nnc3s2)n1. The number of hydrogen-bond donors (Lipinski definition) is 0. The average Bonchev–Trinajstić information content (AvgIpc) is 2.88. The topological polar surface area (TPSA) is 60.9 Å². The van der Waals surface area contributed by atoms with Crippen molar-refractivity contribution in [2.45, 2.75) is 20.0 Å². The number of hydrogen-bond acceptors (Lipinski definition) is 5. The number of fused-ring (bicyclic) bond motifs is 1. The van der Waals surface area contributed by atoms with Crippen molar-refractivity contribution in [2.24, 2.45) is 0 Å². The smallest absolute Gasteiger partial charge is 0.209 e. The van der Waals surface area contributed by atoms with Crippen LogP contribution in [0.25, 0.3) is 10.1 Å². The summed E-state index contributed by atoms with van der Waals surface area (Å²) in [6.07, 6.45) is -4.58. The van der Waals surface area contributed by atoms with E-state index in [0.717, 1.165) is 22.7 Å². The average molecular weight is 288 g/mol. The molecule has 0 fully saturated rings. The van der Waals surface area contributed by atoms with Crippen LogP contribution in [-0.4, -0.2) is 29.6 Å². The summed E-state index contributed by atoms with van der Waals surface area (Å²) in [5.41, 5.74) is 1.55. The van der Waals surface area contributed by atoms with Gasteiger partial charge in [-0.3, -0.25) is 0 Å². The largest absolute Gasteiger partial charge is 0.453 e. The number of nitrogens with zero attached hydrogens (tertiary/aromatic N) is 6. The van der Waals surface area contributed by atoms with Gasteiger partial charge >= 0.3 is 6.18 Å². The summed E-state index contributed by atoms with van der Waals surface area (Å²) in [7, 11) is 0. The minimum atomic E-state index is -4.58. The Morgan fingerprint density at radius 3 is 2.47 bits per heavy atom. The van der Waals surface area contributed by atoms with Gasteiger partial charge in [0.05, 0.1) is 5.69 Å². The van der Waals surface area contributed by atoms with Crippen LogP contribution < -0.4 is 0 Å². The Bertz CT molecular complexity index is 752. The van der Waals surface area contributed by atoms with E-state index in [9.17, 15) is 13.2 Å². The maximum absolute atomic E-state index is 12.7. The van der Waals surface area contributed by atoms with E-state index in [1.165, 1.54) is 4.68 Å². The molecule has 0 aliphatic rings. The standard InChI is InChI=1S/C9H7F3N6S/c1-4-3-5(2)17(15-4)8-16-18-6(9(10,11)12)13-14-7(18)19-8/h3H,1-2H3. The summed E-state index contributed by atoms with van der Waals surface area (Å²) in [4.78, 5) is 0.0786. The van der Waals surface area contributed by atoms with Crippen molar-refractivity contribution in [3.8, 4) is 5.13 Å². The number of alkyl halides is 3. The summed E-state index contributed by atoms with van der Waals surface area (Å²) < 4.78 is 40.2. The first kappa shape index (κ1) is 12.1. The van der Waals surface area contributed by atoms with E-state index < -0.39 is 12.0 Å². The lowest BCUT2D eigenvalue weighted by molar-refractivity contribution is -0.146. The fourth-order valence-corrected chi connectivity index (χ4v) is 2.54. The molecule has 0 atom stereocenters. The molecule has 6 nitrogen and oxygen atoms in total. The fraction of sp³-hybridized carbons (Fsp3) is 0.333. The maximum atomic E-state index is 12.7. The lowest BCUT2D eigenvalue weighted by atomic mass is 10.4. The molecule has 0 N–H and O–H groups in total. The molecule has 0 aromatic carbocycles. The third-order valence-electron chi connectivity index (χ3n) is 2.42. The van der Waals surface area contributed by atoms with Crippen LogP contribution in [0.5, 0.6) is 0 Å². The van der Waals surface area contributed by atoms with Crippen molar-refractivity contribution in [1.82, 2.24) is 29.6 Å². The fourth-order valence-electron chi connectivity index (χ4n) is 1.69. The molecule has 0 aliphatic carbocycles. The molecule has 0 amide bonds. The molecule has 100 valence electrons. The van der Waals surface area contributed by atoms with E-state index in [-0.39, 0.29) is 4.96 Å². The van der Waals surface area contributed by atoms with Gasteiger partial charge in [0, 0.05) is 5.69 Å². The highest BCUT2D eigenvalue weighted by atomic mass is 32.1. The first-order valence-electron chi connectivity index (χ1n) is 5.19. The quantitative estimate of drug-likeness (QED) is 0.687. The van der Waals surface area contributed by atoms with E-state index in [2.05, 4.69) is 20.4 Å². The lowest BCUT2D eigenvalue weighted by Crippen LogP contribution is -2.12. The molecule has 3 rings (SSSR count). The maximum Gasteiger partial charge on any atom is 0.453 e. The van der Waals surface area contributed by atoms with Gasteiger partial charge in [-0.25, -0.2) is 4.68 Å². The molecule has 0 bridgehead atoms. The van der Waals surface area contributed by atoms with Crippen LogP contribution in [0.2, 0.25) is 0 Å². The summed E-state index contributed by atoms with van der Waals surface area (Å²) in [5.74, 6) is -1.13. The predicted octanol–water partition coefficient (Wildman–Crippen LogP) is 2.01. The highest BCUT2D eigenvalue weighted by Gasteiger charge is 2.38. The first-order valence-corrected chi connectivity index (χ1v) is 6.01. The first-order chi connectivity index (χ1) is 8.86. The van der Waals surface area contributed by atoms with Crippen molar-refractivity contribution >= 4 is 16.3 Å². The highest BCUT2D eigenvalue weighted by molar-refractivity contribution is 7.18. The zero-order chi connectivity index (χ0) is 13.8. The van der Waals surface area contributed by atoms with Crippen molar-refractivity contribution in [2.75, 3.05) is 0 Å². The summed E-state index contributed by atoms with van der Waals surface area (Å²) >= 11 is 0.994. The number of halogens is 3. The third kappa shape index (κ3) is 1.87. The zero-order valence-corrected chi connectivity index (χ0v) is 10.6.